The molecule has 37 heavy (non-hydrogen) atoms. The fourth-order valence-electron chi connectivity index (χ4n) is 3.88. The second-order valence-corrected chi connectivity index (χ2v) is 12.7. The Morgan fingerprint density at radius 2 is 0.622 bits per heavy atom. The molecule has 230 valence electrons. The Balaban J connectivity index is -0.000000159. The Morgan fingerprint density at radius 1 is 0.459 bits per heavy atom. The minimum Gasteiger partial charge on any atom is -0.693 e. The molecule has 0 aliphatic carbocycles. The number of unbranched alkanes of at least 4 members (excludes halogenated alkanes) is 20. The molecule has 6 nitrogen and oxygen atoms in total. The summed E-state index contributed by atoms with van der Waals surface area (Å²) in [6.45, 7) is 4.49. The van der Waals surface area contributed by atoms with Crippen LogP contribution >= 0.6 is 18.8 Å². The first kappa shape index (κ1) is 46.9. The predicted octanol–water partition coefficient (Wildman–Crippen LogP) is 12.4. The van der Waals surface area contributed by atoms with E-state index in [0.29, 0.717) is 12.8 Å². The van der Waals surface area contributed by atoms with Crippen molar-refractivity contribution in [3.63, 3.8) is 0 Å². The van der Waals surface area contributed by atoms with Crippen LogP contribution in [-0.2, 0) is 26.1 Å². The van der Waals surface area contributed by atoms with Gasteiger partial charge < -0.3 is 22.5 Å². The Labute approximate surface area is 246 Å². The number of aliphatic carboxylic acids is 2. The van der Waals surface area contributed by atoms with Gasteiger partial charge in [0, 0.05) is 12.8 Å². The van der Waals surface area contributed by atoms with Gasteiger partial charge in [-0.1, -0.05) is 142 Å². The second-order valence-electron chi connectivity index (χ2n) is 9.40. The first-order valence-corrected chi connectivity index (χ1v) is 19.8. The third-order valence-electron chi connectivity index (χ3n) is 5.99. The van der Waals surface area contributed by atoms with Gasteiger partial charge in [-0.3, -0.25) is 9.59 Å². The molecule has 0 fully saturated rings. The van der Waals surface area contributed by atoms with Crippen LogP contribution in [0.1, 0.15) is 168 Å². The van der Waals surface area contributed by atoms with Crippen molar-refractivity contribution in [2.75, 3.05) is 0 Å². The molecule has 0 saturated heterocycles. The first-order chi connectivity index (χ1) is 17.0. The predicted molar refractivity (Wildman–Crippen MR) is 160 cm³/mol. The molecule has 0 spiro atoms. The number of carboxylic acids is 2. The number of carbonyl (C=O) groups is 2. The van der Waals surface area contributed by atoms with Crippen molar-refractivity contribution in [1.82, 2.24) is 0 Å². The third-order valence-corrected chi connectivity index (χ3v) is 5.99. The fourth-order valence-corrected chi connectivity index (χ4v) is 3.88. The monoisotopic (exact) mass is 753 g/mol. The Bertz CT molecular complexity index is 388. The molecule has 0 rings (SSSR count). The van der Waals surface area contributed by atoms with Gasteiger partial charge in [-0.25, -0.2) is 0 Å². The van der Waals surface area contributed by atoms with Crippen molar-refractivity contribution in [3.8, 4) is 0 Å². The van der Waals surface area contributed by atoms with Gasteiger partial charge in [0.15, 0.2) is 0 Å². The minimum atomic E-state index is -0.657. The quantitative estimate of drug-likeness (QED) is 0.0946. The van der Waals surface area contributed by atoms with Crippen LogP contribution in [0.2, 0.25) is 0 Å². The molecule has 9 heteroatoms. The number of hydrogen-bond donors (Lipinski definition) is 2. The summed E-state index contributed by atoms with van der Waals surface area (Å²) in [4.78, 5) is 20.5. The number of rotatable bonds is 24. The Morgan fingerprint density at radius 3 is 0.784 bits per heavy atom. The van der Waals surface area contributed by atoms with E-state index < -0.39 is 28.4 Å². The van der Waals surface area contributed by atoms with Gasteiger partial charge in [0.05, 0.1) is 0 Å². The van der Waals surface area contributed by atoms with E-state index in [1.807, 2.05) is 0 Å². The van der Waals surface area contributed by atoms with Crippen molar-refractivity contribution >= 4 is 30.8 Å². The van der Waals surface area contributed by atoms with Gasteiger partial charge in [-0.15, -0.1) is 0 Å². The first-order valence-electron chi connectivity index (χ1n) is 14.2. The van der Waals surface area contributed by atoms with E-state index in [-0.39, 0.29) is 12.3 Å². The average Bonchev–Trinajstić information content (AvgIpc) is 2.81. The van der Waals surface area contributed by atoms with Crippen molar-refractivity contribution < 1.29 is 36.3 Å². The largest absolute Gasteiger partial charge is 0.693 e. The van der Waals surface area contributed by atoms with Crippen molar-refractivity contribution in [3.05, 3.63) is 12.3 Å². The molecule has 0 aromatic rings. The van der Waals surface area contributed by atoms with Crippen LogP contribution in [0, 0.1) is 0 Å². The van der Waals surface area contributed by atoms with Gasteiger partial charge in [0.1, 0.15) is 0 Å². The van der Waals surface area contributed by atoms with E-state index in [4.69, 9.17) is 29.0 Å². The molecular formula is C28H60Cl2N2O4Pt. The van der Waals surface area contributed by atoms with Gasteiger partial charge >= 0.3 is 47.3 Å². The molecule has 0 saturated carbocycles. The minimum absolute atomic E-state index is 0. The van der Waals surface area contributed by atoms with Crippen LogP contribution in [0.4, 0.5) is 0 Å². The summed E-state index contributed by atoms with van der Waals surface area (Å²) < 4.78 is 0. The molecule has 0 amide bonds. The summed E-state index contributed by atoms with van der Waals surface area (Å²) in [5.41, 5.74) is 0. The molecule has 6 N–H and O–H groups in total. The van der Waals surface area contributed by atoms with E-state index in [0.717, 1.165) is 25.7 Å². The smallest absolute Gasteiger partial charge is 0.693 e. The van der Waals surface area contributed by atoms with Gasteiger partial charge in [-0.05, 0) is 12.8 Å². The molecule has 0 aromatic carbocycles. The number of nitrogens with two attached hydrogens (primary N) is 2. The topological polar surface area (TPSA) is 142 Å². The number of hydrogen-bond acceptors (Lipinski definition) is 2. The third kappa shape index (κ3) is 61.6. The van der Waals surface area contributed by atoms with Gasteiger partial charge in [-0.2, -0.15) is 0 Å². The summed E-state index contributed by atoms with van der Waals surface area (Å²) in [5.74, 6) is -1.31. The fraction of sp³-hybridized carbons (Fsp3) is 0.929. The molecule has 0 radical (unpaired) electrons. The standard InChI is InChI=1S/2C14H28O2.2ClH.2H2N.Pt/c2*1-2-3-4-5-6-7-8-9-10-11-12-13-14(15)16;;;;;/h2*2-13H2,1H3,(H,15,16);2*1H;2*1H2;/q;;;;2*-1;+4/p-2. The van der Waals surface area contributed by atoms with Crippen LogP contribution in [0.25, 0.3) is 12.3 Å². The summed E-state index contributed by atoms with van der Waals surface area (Å²) >= 11 is -0.472. The SMILES string of the molecule is CCCCCCCCCCCCCC(=O)O.CCCCCCCCCCCCCC(=O)O.[Cl][Pt+2][Cl].[NH2-].[NH2-]. The molecule has 0 atom stereocenters. The normalized spacial score (nSPS) is 9.73. The van der Waals surface area contributed by atoms with E-state index >= 15 is 0 Å². The van der Waals surface area contributed by atoms with Crippen LogP contribution < -0.4 is 0 Å². The Hall–Kier alpha value is 0.128. The van der Waals surface area contributed by atoms with Gasteiger partial charge in [0.2, 0.25) is 0 Å². The van der Waals surface area contributed by atoms with Gasteiger partial charge in [0.25, 0.3) is 0 Å². The van der Waals surface area contributed by atoms with Crippen molar-refractivity contribution in [2.45, 2.75) is 168 Å². The summed E-state index contributed by atoms with van der Waals surface area (Å²) in [5, 5.41) is 16.9. The van der Waals surface area contributed by atoms with E-state index in [1.165, 1.54) is 116 Å². The summed E-state index contributed by atoms with van der Waals surface area (Å²) in [6.07, 6.45) is 28.7. The molecule has 0 aliphatic rings. The van der Waals surface area contributed by atoms with Crippen LogP contribution in [0.5, 0.6) is 0 Å². The molecule has 0 bridgehead atoms. The van der Waals surface area contributed by atoms with Crippen LogP contribution in [0.15, 0.2) is 0 Å². The van der Waals surface area contributed by atoms with E-state index in [1.54, 1.807) is 0 Å². The second kappa shape index (κ2) is 46.0. The maximum absolute atomic E-state index is 10.3. The molecular weight excluding hydrogens is 694 g/mol. The zero-order valence-electron chi connectivity index (χ0n) is 23.9. The van der Waals surface area contributed by atoms with Crippen molar-refractivity contribution in [2.24, 2.45) is 0 Å². The molecule has 0 heterocycles. The van der Waals surface area contributed by atoms with E-state index in [9.17, 15) is 9.59 Å². The average molecular weight is 755 g/mol. The summed E-state index contributed by atoms with van der Waals surface area (Å²) in [7, 11) is 9.75. The molecule has 0 aliphatic heterocycles. The maximum atomic E-state index is 10.3. The molecule has 0 aromatic heterocycles. The van der Waals surface area contributed by atoms with Crippen molar-refractivity contribution in [1.29, 1.82) is 0 Å². The number of halogens is 2. The molecule has 0 unspecified atom stereocenters. The zero-order chi connectivity index (χ0) is 26.8. The van der Waals surface area contributed by atoms with E-state index in [2.05, 4.69) is 13.8 Å². The maximum Gasteiger partial charge on any atom is -0.693 e. The number of carboxylic acid groups (broad SMARTS) is 2. The Kier molecular flexibility index (Phi) is 58.4. The summed E-state index contributed by atoms with van der Waals surface area (Å²) in [6, 6.07) is 0. The zero-order valence-corrected chi connectivity index (χ0v) is 27.7. The van der Waals surface area contributed by atoms with Crippen LogP contribution in [-0.4, -0.2) is 22.2 Å². The van der Waals surface area contributed by atoms with Crippen LogP contribution in [0.3, 0.4) is 0 Å².